The van der Waals surface area contributed by atoms with Gasteiger partial charge < -0.3 is 4.74 Å². The van der Waals surface area contributed by atoms with E-state index in [1.807, 2.05) is 12.1 Å². The van der Waals surface area contributed by atoms with Gasteiger partial charge in [-0.2, -0.15) is 0 Å². The summed E-state index contributed by atoms with van der Waals surface area (Å²) in [5, 5.41) is 0.808. The van der Waals surface area contributed by atoms with Gasteiger partial charge in [0.15, 0.2) is 0 Å². The number of nitrogens with zero attached hydrogens (tertiary/aromatic N) is 1. The third kappa shape index (κ3) is 4.59. The highest BCUT2D eigenvalue weighted by molar-refractivity contribution is 9.10. The highest BCUT2D eigenvalue weighted by Crippen LogP contribution is 2.23. The fourth-order valence-electron chi connectivity index (χ4n) is 1.79. The number of rotatable bonds is 6. The van der Waals surface area contributed by atoms with Crippen LogP contribution in [0.1, 0.15) is 19.4 Å². The topological polar surface area (TPSA) is 12.5 Å². The maximum absolute atomic E-state index is 6.22. The van der Waals surface area contributed by atoms with Gasteiger partial charge in [0.2, 0.25) is 0 Å². The third-order valence-electron chi connectivity index (χ3n) is 2.83. The SMILES string of the molecule is CCN(Cc1ccc(Br)cc1Cl)C(C)COC. The van der Waals surface area contributed by atoms with Crippen molar-refractivity contribution in [2.24, 2.45) is 0 Å². The summed E-state index contributed by atoms with van der Waals surface area (Å²) in [6, 6.07) is 6.42. The predicted molar refractivity (Wildman–Crippen MR) is 76.6 cm³/mol. The first kappa shape index (κ1) is 15.0. The Morgan fingerprint density at radius 2 is 2.18 bits per heavy atom. The Morgan fingerprint density at radius 3 is 2.71 bits per heavy atom. The largest absolute Gasteiger partial charge is 0.383 e. The van der Waals surface area contributed by atoms with Crippen molar-refractivity contribution in [2.75, 3.05) is 20.3 Å². The Bertz CT molecular complexity index is 359. The number of methoxy groups -OCH3 is 1. The third-order valence-corrected chi connectivity index (χ3v) is 3.67. The van der Waals surface area contributed by atoms with E-state index >= 15 is 0 Å². The molecule has 0 spiro atoms. The molecule has 96 valence electrons. The first-order valence-electron chi connectivity index (χ1n) is 5.75. The summed E-state index contributed by atoms with van der Waals surface area (Å²) in [5.74, 6) is 0. The van der Waals surface area contributed by atoms with Crippen molar-refractivity contribution in [1.29, 1.82) is 0 Å². The second-order valence-electron chi connectivity index (χ2n) is 4.10. The zero-order valence-electron chi connectivity index (χ0n) is 10.5. The molecule has 4 heteroatoms. The lowest BCUT2D eigenvalue weighted by molar-refractivity contribution is 0.0982. The molecule has 0 N–H and O–H groups in total. The molecular weight excluding hydrogens is 302 g/mol. The van der Waals surface area contributed by atoms with Gasteiger partial charge in [0.05, 0.1) is 6.61 Å². The molecule has 1 aromatic carbocycles. The molecule has 0 aliphatic carbocycles. The lowest BCUT2D eigenvalue weighted by Gasteiger charge is -2.27. The van der Waals surface area contributed by atoms with Crippen LogP contribution in [0.5, 0.6) is 0 Å². The van der Waals surface area contributed by atoms with Gasteiger partial charge >= 0.3 is 0 Å². The maximum atomic E-state index is 6.22. The smallest absolute Gasteiger partial charge is 0.0615 e. The minimum Gasteiger partial charge on any atom is -0.383 e. The molecule has 1 aromatic rings. The van der Waals surface area contributed by atoms with Gasteiger partial charge in [0, 0.05) is 29.2 Å². The molecule has 1 rings (SSSR count). The highest BCUT2D eigenvalue weighted by Gasteiger charge is 2.13. The number of halogens is 2. The molecule has 0 saturated heterocycles. The van der Waals surface area contributed by atoms with Crippen molar-refractivity contribution >= 4 is 27.5 Å². The van der Waals surface area contributed by atoms with Crippen LogP contribution in [0.3, 0.4) is 0 Å². The van der Waals surface area contributed by atoms with Crippen molar-refractivity contribution in [3.05, 3.63) is 33.3 Å². The van der Waals surface area contributed by atoms with Crippen LogP contribution >= 0.6 is 27.5 Å². The van der Waals surface area contributed by atoms with Crippen LogP contribution in [0.2, 0.25) is 5.02 Å². The zero-order valence-corrected chi connectivity index (χ0v) is 12.9. The standard InChI is InChI=1S/C13H19BrClNO/c1-4-16(10(2)9-17-3)8-11-5-6-12(14)7-13(11)15/h5-7,10H,4,8-9H2,1-3H3. The fourth-order valence-corrected chi connectivity index (χ4v) is 2.53. The molecule has 0 bridgehead atoms. The van der Waals surface area contributed by atoms with Gasteiger partial charge in [-0.15, -0.1) is 0 Å². The van der Waals surface area contributed by atoms with Crippen LogP contribution in [0, 0.1) is 0 Å². The Labute approximate surface area is 117 Å². The monoisotopic (exact) mass is 319 g/mol. The predicted octanol–water partition coefficient (Wildman–Crippen LogP) is 3.96. The van der Waals surface area contributed by atoms with E-state index in [1.54, 1.807) is 7.11 Å². The summed E-state index contributed by atoms with van der Waals surface area (Å²) in [6.07, 6.45) is 0. The molecule has 0 aliphatic heterocycles. The lowest BCUT2D eigenvalue weighted by Crippen LogP contribution is -2.35. The van der Waals surface area contributed by atoms with E-state index in [-0.39, 0.29) is 0 Å². The molecule has 0 aromatic heterocycles. The molecule has 0 aliphatic rings. The quantitative estimate of drug-likeness (QED) is 0.786. The second-order valence-corrected chi connectivity index (χ2v) is 5.43. The van der Waals surface area contributed by atoms with Gasteiger partial charge in [-0.25, -0.2) is 0 Å². The summed E-state index contributed by atoms with van der Waals surface area (Å²) < 4.78 is 6.20. The zero-order chi connectivity index (χ0) is 12.8. The van der Waals surface area contributed by atoms with E-state index < -0.39 is 0 Å². The fraction of sp³-hybridized carbons (Fsp3) is 0.538. The first-order valence-corrected chi connectivity index (χ1v) is 6.92. The van der Waals surface area contributed by atoms with Gasteiger partial charge in [-0.3, -0.25) is 4.90 Å². The molecule has 2 nitrogen and oxygen atoms in total. The molecular formula is C13H19BrClNO. The highest BCUT2D eigenvalue weighted by atomic mass is 79.9. The molecule has 0 radical (unpaired) electrons. The lowest BCUT2D eigenvalue weighted by atomic mass is 10.2. The van der Waals surface area contributed by atoms with Gasteiger partial charge in [0.25, 0.3) is 0 Å². The van der Waals surface area contributed by atoms with Crippen molar-refractivity contribution in [3.8, 4) is 0 Å². The number of hydrogen-bond donors (Lipinski definition) is 0. The maximum Gasteiger partial charge on any atom is 0.0615 e. The summed E-state index contributed by atoms with van der Waals surface area (Å²) >= 11 is 9.64. The van der Waals surface area contributed by atoms with Crippen molar-refractivity contribution < 1.29 is 4.74 Å². The molecule has 17 heavy (non-hydrogen) atoms. The summed E-state index contributed by atoms with van der Waals surface area (Å²) in [7, 11) is 1.73. The van der Waals surface area contributed by atoms with E-state index in [2.05, 4.69) is 40.7 Å². The van der Waals surface area contributed by atoms with E-state index in [0.717, 1.165) is 34.8 Å². The van der Waals surface area contributed by atoms with Crippen LogP contribution in [0.4, 0.5) is 0 Å². The number of likely N-dealkylation sites (N-methyl/N-ethyl adjacent to an activating group) is 1. The van der Waals surface area contributed by atoms with E-state index in [9.17, 15) is 0 Å². The molecule has 0 heterocycles. The second kappa shape index (κ2) is 7.37. The molecule has 0 saturated carbocycles. The molecule has 1 atom stereocenters. The van der Waals surface area contributed by atoms with Gasteiger partial charge in [-0.05, 0) is 31.2 Å². The first-order chi connectivity index (χ1) is 8.08. The van der Waals surface area contributed by atoms with Crippen LogP contribution < -0.4 is 0 Å². The van der Waals surface area contributed by atoms with Crippen LogP contribution in [-0.4, -0.2) is 31.2 Å². The summed E-state index contributed by atoms with van der Waals surface area (Å²) in [4.78, 5) is 2.35. The van der Waals surface area contributed by atoms with E-state index in [1.165, 1.54) is 0 Å². The number of hydrogen-bond acceptors (Lipinski definition) is 2. The minimum absolute atomic E-state index is 0.393. The van der Waals surface area contributed by atoms with Crippen molar-refractivity contribution in [2.45, 2.75) is 26.4 Å². The van der Waals surface area contributed by atoms with E-state index in [4.69, 9.17) is 16.3 Å². The molecule has 0 amide bonds. The van der Waals surface area contributed by atoms with Crippen LogP contribution in [-0.2, 0) is 11.3 Å². The number of ether oxygens (including phenoxy) is 1. The number of benzene rings is 1. The van der Waals surface area contributed by atoms with Crippen molar-refractivity contribution in [3.63, 3.8) is 0 Å². The van der Waals surface area contributed by atoms with Crippen molar-refractivity contribution in [1.82, 2.24) is 4.90 Å². The van der Waals surface area contributed by atoms with E-state index in [0.29, 0.717) is 6.04 Å². The Kier molecular flexibility index (Phi) is 6.49. The molecule has 1 unspecified atom stereocenters. The molecule has 0 fully saturated rings. The average molecular weight is 321 g/mol. The van der Waals surface area contributed by atoms with Crippen LogP contribution in [0.15, 0.2) is 22.7 Å². The Hall–Kier alpha value is -0.0900. The minimum atomic E-state index is 0.393. The summed E-state index contributed by atoms with van der Waals surface area (Å²) in [5.41, 5.74) is 1.15. The Balaban J connectivity index is 2.73. The Morgan fingerprint density at radius 1 is 1.47 bits per heavy atom. The van der Waals surface area contributed by atoms with Gasteiger partial charge in [-0.1, -0.05) is 40.5 Å². The van der Waals surface area contributed by atoms with Crippen LogP contribution in [0.25, 0.3) is 0 Å². The average Bonchev–Trinajstić information content (AvgIpc) is 2.28. The normalized spacial score (nSPS) is 13.1. The summed E-state index contributed by atoms with van der Waals surface area (Å²) in [6.45, 7) is 6.89. The van der Waals surface area contributed by atoms with Gasteiger partial charge in [0.1, 0.15) is 0 Å².